The summed E-state index contributed by atoms with van der Waals surface area (Å²) in [5.74, 6) is 0.969. The van der Waals surface area contributed by atoms with Crippen LogP contribution in [0.4, 0.5) is 0 Å². The topological polar surface area (TPSA) is 85.1 Å². The predicted molar refractivity (Wildman–Crippen MR) is 55.7 cm³/mol. The molecular formula is C10H15N3O3. The van der Waals surface area contributed by atoms with E-state index in [4.69, 9.17) is 4.52 Å². The third-order valence-electron chi connectivity index (χ3n) is 1.93. The van der Waals surface area contributed by atoms with Gasteiger partial charge in [-0.15, -0.1) is 0 Å². The highest BCUT2D eigenvalue weighted by Crippen LogP contribution is 1.96. The summed E-state index contributed by atoms with van der Waals surface area (Å²) >= 11 is 0. The highest BCUT2D eigenvalue weighted by molar-refractivity contribution is 5.83. The number of carbonyl (C=O) groups is 2. The molecule has 1 rings (SSSR count). The predicted octanol–water partition coefficient (Wildman–Crippen LogP) is 0.406. The van der Waals surface area contributed by atoms with Crippen molar-refractivity contribution >= 4 is 11.7 Å². The van der Waals surface area contributed by atoms with Crippen molar-refractivity contribution in [1.29, 1.82) is 0 Å². The maximum absolute atomic E-state index is 11.2. The number of aryl methyl sites for hydroxylation is 1. The number of amides is 1. The molecule has 1 heterocycles. The first-order valence-electron chi connectivity index (χ1n) is 5.13. The van der Waals surface area contributed by atoms with Gasteiger partial charge in [-0.2, -0.15) is 4.98 Å². The minimum absolute atomic E-state index is 0.0164. The number of rotatable bonds is 6. The van der Waals surface area contributed by atoms with Gasteiger partial charge in [0.25, 0.3) is 0 Å². The van der Waals surface area contributed by atoms with E-state index < -0.39 is 0 Å². The van der Waals surface area contributed by atoms with Gasteiger partial charge >= 0.3 is 0 Å². The molecule has 6 nitrogen and oxygen atoms in total. The number of hydrogen-bond donors (Lipinski definition) is 1. The van der Waals surface area contributed by atoms with E-state index in [0.717, 1.165) is 0 Å². The van der Waals surface area contributed by atoms with Gasteiger partial charge in [-0.3, -0.25) is 4.79 Å². The molecule has 0 aliphatic heterocycles. The number of nitrogens with zero attached hydrogens (tertiary/aromatic N) is 2. The zero-order valence-electron chi connectivity index (χ0n) is 9.45. The van der Waals surface area contributed by atoms with E-state index in [9.17, 15) is 9.59 Å². The zero-order valence-corrected chi connectivity index (χ0v) is 9.45. The Balaban J connectivity index is 2.15. The molecule has 1 aromatic rings. The van der Waals surface area contributed by atoms with Crippen molar-refractivity contribution in [3.63, 3.8) is 0 Å². The van der Waals surface area contributed by atoms with Crippen LogP contribution in [0.3, 0.4) is 0 Å². The van der Waals surface area contributed by atoms with Crippen LogP contribution >= 0.6 is 0 Å². The molecule has 0 aliphatic carbocycles. The number of aromatic nitrogens is 2. The molecule has 0 saturated carbocycles. The molecule has 0 unspecified atom stereocenters. The first kappa shape index (κ1) is 12.4. The second-order valence-corrected chi connectivity index (χ2v) is 3.54. The fourth-order valence-corrected chi connectivity index (χ4v) is 1.13. The Morgan fingerprint density at radius 2 is 2.12 bits per heavy atom. The van der Waals surface area contributed by atoms with Gasteiger partial charge in [-0.05, 0) is 13.8 Å². The SMILES string of the molecule is CC(=O)CCC(=O)NCCc1nc(C)no1. The Bertz CT molecular complexity index is 373. The van der Waals surface area contributed by atoms with Crippen LogP contribution in [0.25, 0.3) is 0 Å². The highest BCUT2D eigenvalue weighted by atomic mass is 16.5. The van der Waals surface area contributed by atoms with Gasteiger partial charge in [0.1, 0.15) is 5.78 Å². The molecule has 0 aliphatic rings. The lowest BCUT2D eigenvalue weighted by molar-refractivity contribution is -0.124. The largest absolute Gasteiger partial charge is 0.356 e. The summed E-state index contributed by atoms with van der Waals surface area (Å²) in [5.41, 5.74) is 0. The lowest BCUT2D eigenvalue weighted by atomic mass is 10.2. The van der Waals surface area contributed by atoms with Crippen LogP contribution < -0.4 is 5.32 Å². The van der Waals surface area contributed by atoms with Gasteiger partial charge in [0, 0.05) is 25.8 Å². The minimum Gasteiger partial charge on any atom is -0.356 e. The third kappa shape index (κ3) is 4.68. The van der Waals surface area contributed by atoms with E-state index in [2.05, 4.69) is 15.5 Å². The summed E-state index contributed by atoms with van der Waals surface area (Å²) in [4.78, 5) is 25.8. The molecule has 0 radical (unpaired) electrons. The molecule has 88 valence electrons. The van der Waals surface area contributed by atoms with Gasteiger partial charge < -0.3 is 14.6 Å². The van der Waals surface area contributed by atoms with E-state index in [1.807, 2.05) is 0 Å². The number of Topliss-reactive ketones (excluding diaryl/α,β-unsaturated/α-hetero) is 1. The standard InChI is InChI=1S/C10H15N3O3/c1-7(14)3-4-9(15)11-6-5-10-12-8(2)13-16-10/h3-6H2,1-2H3,(H,11,15). The minimum atomic E-state index is -0.133. The van der Waals surface area contributed by atoms with Crippen molar-refractivity contribution in [2.75, 3.05) is 6.54 Å². The lowest BCUT2D eigenvalue weighted by Gasteiger charge is -2.01. The van der Waals surface area contributed by atoms with Crippen LogP contribution in [0.1, 0.15) is 31.5 Å². The molecule has 1 amide bonds. The normalized spacial score (nSPS) is 10.1. The number of carbonyl (C=O) groups excluding carboxylic acids is 2. The van der Waals surface area contributed by atoms with E-state index in [-0.39, 0.29) is 24.5 Å². The second kappa shape index (κ2) is 5.99. The summed E-state index contributed by atoms with van der Waals surface area (Å²) in [5, 5.41) is 6.31. The second-order valence-electron chi connectivity index (χ2n) is 3.54. The Labute approximate surface area is 93.4 Å². The fourth-order valence-electron chi connectivity index (χ4n) is 1.13. The quantitative estimate of drug-likeness (QED) is 0.757. The highest BCUT2D eigenvalue weighted by Gasteiger charge is 2.05. The van der Waals surface area contributed by atoms with Gasteiger partial charge in [-0.25, -0.2) is 0 Å². The molecule has 0 fully saturated rings. The molecule has 6 heteroatoms. The maximum atomic E-state index is 11.2. The summed E-state index contributed by atoms with van der Waals surface area (Å²) in [6.45, 7) is 3.64. The Morgan fingerprint density at radius 3 is 2.69 bits per heavy atom. The molecule has 1 N–H and O–H groups in total. The van der Waals surface area contributed by atoms with Crippen LogP contribution in [0.15, 0.2) is 4.52 Å². The summed E-state index contributed by atoms with van der Waals surface area (Å²) in [6, 6.07) is 0. The molecule has 0 spiro atoms. The smallest absolute Gasteiger partial charge is 0.228 e. The number of hydrogen-bond acceptors (Lipinski definition) is 5. The van der Waals surface area contributed by atoms with Crippen LogP contribution in [0, 0.1) is 6.92 Å². The van der Waals surface area contributed by atoms with Crippen molar-refractivity contribution < 1.29 is 14.1 Å². The molecule has 0 bridgehead atoms. The molecule has 0 saturated heterocycles. The summed E-state index contributed by atoms with van der Waals surface area (Å²) < 4.78 is 4.88. The van der Waals surface area contributed by atoms with Crippen molar-refractivity contribution in [2.45, 2.75) is 33.1 Å². The molecule has 0 atom stereocenters. The molecule has 1 aromatic heterocycles. The van der Waals surface area contributed by atoms with Crippen LogP contribution in [0.2, 0.25) is 0 Å². The fraction of sp³-hybridized carbons (Fsp3) is 0.600. The zero-order chi connectivity index (χ0) is 12.0. The van der Waals surface area contributed by atoms with E-state index in [0.29, 0.717) is 24.7 Å². The average Bonchev–Trinajstić information content (AvgIpc) is 2.61. The van der Waals surface area contributed by atoms with E-state index in [1.54, 1.807) is 6.92 Å². The molecular weight excluding hydrogens is 210 g/mol. The van der Waals surface area contributed by atoms with Gasteiger partial charge in [0.05, 0.1) is 0 Å². The first-order chi connectivity index (χ1) is 7.58. The van der Waals surface area contributed by atoms with Crippen LogP contribution in [-0.4, -0.2) is 28.4 Å². The van der Waals surface area contributed by atoms with Crippen molar-refractivity contribution in [3.8, 4) is 0 Å². The number of nitrogens with one attached hydrogen (secondary N) is 1. The van der Waals surface area contributed by atoms with Crippen LogP contribution in [-0.2, 0) is 16.0 Å². The average molecular weight is 225 g/mol. The van der Waals surface area contributed by atoms with Crippen LogP contribution in [0.5, 0.6) is 0 Å². The Kier molecular flexibility index (Phi) is 4.63. The van der Waals surface area contributed by atoms with Crippen molar-refractivity contribution in [3.05, 3.63) is 11.7 Å². The summed E-state index contributed by atoms with van der Waals surface area (Å²) in [7, 11) is 0. The van der Waals surface area contributed by atoms with E-state index >= 15 is 0 Å². The van der Waals surface area contributed by atoms with Gasteiger partial charge in [-0.1, -0.05) is 5.16 Å². The summed E-state index contributed by atoms with van der Waals surface area (Å²) in [6.07, 6.45) is 1.02. The van der Waals surface area contributed by atoms with Gasteiger partial charge in [0.15, 0.2) is 5.82 Å². The lowest BCUT2D eigenvalue weighted by Crippen LogP contribution is -2.25. The molecule has 0 aromatic carbocycles. The van der Waals surface area contributed by atoms with Crippen molar-refractivity contribution in [1.82, 2.24) is 15.5 Å². The van der Waals surface area contributed by atoms with Gasteiger partial charge in [0.2, 0.25) is 11.8 Å². The molecule has 16 heavy (non-hydrogen) atoms. The Morgan fingerprint density at radius 1 is 1.38 bits per heavy atom. The monoisotopic (exact) mass is 225 g/mol. The Hall–Kier alpha value is -1.72. The number of ketones is 1. The first-order valence-corrected chi connectivity index (χ1v) is 5.13. The maximum Gasteiger partial charge on any atom is 0.228 e. The third-order valence-corrected chi connectivity index (χ3v) is 1.93. The van der Waals surface area contributed by atoms with Crippen molar-refractivity contribution in [2.24, 2.45) is 0 Å². The van der Waals surface area contributed by atoms with E-state index in [1.165, 1.54) is 6.92 Å².